The van der Waals surface area contributed by atoms with Gasteiger partial charge in [0.2, 0.25) is 0 Å². The molecule has 0 aliphatic heterocycles. The van der Waals surface area contributed by atoms with Crippen molar-refractivity contribution >= 4 is 11.3 Å². The summed E-state index contributed by atoms with van der Waals surface area (Å²) in [6.07, 6.45) is 4.84. The summed E-state index contributed by atoms with van der Waals surface area (Å²) in [5.74, 6) is 1.33. The van der Waals surface area contributed by atoms with Gasteiger partial charge in [0.25, 0.3) is 0 Å². The molecule has 2 N–H and O–H groups in total. The summed E-state index contributed by atoms with van der Waals surface area (Å²) in [6, 6.07) is 2.11. The number of hydrogen-bond donors (Lipinski definition) is 2. The molecule has 0 spiro atoms. The van der Waals surface area contributed by atoms with Gasteiger partial charge in [-0.05, 0) is 24.9 Å². The molecule has 0 saturated carbocycles. The Hall–Kier alpha value is -1.62. The number of fused-ring (bicyclic) bond motifs is 1. The standard InChI is InChI=1S/C14H23N5/c1-4-5-15-6-7-16-14-13-10-12(11(2)3)18-19(13)9-8-17-14/h8-11,15H,4-7H2,1-3H3,(H,16,17). The van der Waals surface area contributed by atoms with E-state index in [0.29, 0.717) is 5.92 Å². The Kier molecular flexibility index (Phi) is 4.74. The normalized spacial score (nSPS) is 11.4. The molecular formula is C14H23N5. The predicted octanol–water partition coefficient (Wildman–Crippen LogP) is 2.26. The van der Waals surface area contributed by atoms with Crippen LogP contribution < -0.4 is 10.6 Å². The highest BCUT2D eigenvalue weighted by Gasteiger charge is 2.09. The van der Waals surface area contributed by atoms with Gasteiger partial charge < -0.3 is 10.6 Å². The van der Waals surface area contributed by atoms with Crippen LogP contribution in [-0.4, -0.2) is 34.2 Å². The molecule has 5 heteroatoms. The maximum absolute atomic E-state index is 4.55. The molecule has 5 nitrogen and oxygen atoms in total. The molecule has 0 unspecified atom stereocenters. The zero-order valence-electron chi connectivity index (χ0n) is 12.0. The minimum Gasteiger partial charge on any atom is -0.367 e. The van der Waals surface area contributed by atoms with Crippen molar-refractivity contribution in [3.63, 3.8) is 0 Å². The highest BCUT2D eigenvalue weighted by molar-refractivity contribution is 5.67. The lowest BCUT2D eigenvalue weighted by Crippen LogP contribution is -2.23. The van der Waals surface area contributed by atoms with Gasteiger partial charge in [-0.1, -0.05) is 20.8 Å². The van der Waals surface area contributed by atoms with Gasteiger partial charge in [-0.3, -0.25) is 0 Å². The summed E-state index contributed by atoms with van der Waals surface area (Å²) in [6.45, 7) is 9.34. The molecule has 0 radical (unpaired) electrons. The molecule has 0 bridgehead atoms. The summed E-state index contributed by atoms with van der Waals surface area (Å²) in [5, 5.41) is 11.3. The predicted molar refractivity (Wildman–Crippen MR) is 78.7 cm³/mol. The van der Waals surface area contributed by atoms with Crippen LogP contribution in [0.5, 0.6) is 0 Å². The monoisotopic (exact) mass is 261 g/mol. The largest absolute Gasteiger partial charge is 0.367 e. The lowest BCUT2D eigenvalue weighted by Gasteiger charge is -2.07. The molecule has 2 aromatic heterocycles. The topological polar surface area (TPSA) is 54.2 Å². The van der Waals surface area contributed by atoms with Gasteiger partial charge in [0.1, 0.15) is 5.52 Å². The van der Waals surface area contributed by atoms with Crippen molar-refractivity contribution in [1.29, 1.82) is 0 Å². The third-order valence-electron chi connectivity index (χ3n) is 3.02. The summed E-state index contributed by atoms with van der Waals surface area (Å²) in [7, 11) is 0. The molecule has 2 rings (SSSR count). The maximum Gasteiger partial charge on any atom is 0.152 e. The van der Waals surface area contributed by atoms with Crippen molar-refractivity contribution in [2.75, 3.05) is 25.0 Å². The van der Waals surface area contributed by atoms with Crippen LogP contribution in [-0.2, 0) is 0 Å². The second-order valence-corrected chi connectivity index (χ2v) is 5.01. The van der Waals surface area contributed by atoms with E-state index < -0.39 is 0 Å². The number of nitrogens with one attached hydrogen (secondary N) is 2. The van der Waals surface area contributed by atoms with Gasteiger partial charge in [-0.15, -0.1) is 0 Å². The van der Waals surface area contributed by atoms with E-state index in [0.717, 1.165) is 43.1 Å². The van der Waals surface area contributed by atoms with Crippen molar-refractivity contribution in [3.8, 4) is 0 Å². The van der Waals surface area contributed by atoms with Crippen molar-refractivity contribution in [2.24, 2.45) is 0 Å². The molecule has 2 aromatic rings. The van der Waals surface area contributed by atoms with Crippen LogP contribution in [0.25, 0.3) is 5.52 Å². The lowest BCUT2D eigenvalue weighted by atomic mass is 10.1. The molecular weight excluding hydrogens is 238 g/mol. The highest BCUT2D eigenvalue weighted by atomic mass is 15.2. The second kappa shape index (κ2) is 6.52. The average Bonchev–Trinajstić information content (AvgIpc) is 2.83. The Bertz CT molecular complexity index is 518. The maximum atomic E-state index is 4.55. The summed E-state index contributed by atoms with van der Waals surface area (Å²) >= 11 is 0. The van der Waals surface area contributed by atoms with Crippen LogP contribution in [0.1, 0.15) is 38.8 Å². The SMILES string of the molecule is CCCNCCNc1nccn2nc(C(C)C)cc12. The fourth-order valence-corrected chi connectivity index (χ4v) is 1.93. The Morgan fingerprint density at radius 2 is 2.11 bits per heavy atom. The van der Waals surface area contributed by atoms with Crippen LogP contribution in [0.3, 0.4) is 0 Å². The van der Waals surface area contributed by atoms with E-state index in [1.165, 1.54) is 0 Å². The zero-order valence-corrected chi connectivity index (χ0v) is 12.0. The van der Waals surface area contributed by atoms with Crippen molar-refractivity contribution in [2.45, 2.75) is 33.1 Å². The molecule has 19 heavy (non-hydrogen) atoms. The van der Waals surface area contributed by atoms with E-state index in [1.54, 1.807) is 6.20 Å². The van der Waals surface area contributed by atoms with E-state index >= 15 is 0 Å². The molecule has 2 heterocycles. The number of nitrogens with zero attached hydrogens (tertiary/aromatic N) is 3. The van der Waals surface area contributed by atoms with E-state index in [4.69, 9.17) is 0 Å². The van der Waals surface area contributed by atoms with Gasteiger partial charge >= 0.3 is 0 Å². The van der Waals surface area contributed by atoms with E-state index in [-0.39, 0.29) is 0 Å². The van der Waals surface area contributed by atoms with Gasteiger partial charge in [0.05, 0.1) is 5.69 Å². The summed E-state index contributed by atoms with van der Waals surface area (Å²) < 4.78 is 1.89. The van der Waals surface area contributed by atoms with Gasteiger partial charge in [0, 0.05) is 25.5 Å². The van der Waals surface area contributed by atoms with E-state index in [2.05, 4.69) is 47.6 Å². The fourth-order valence-electron chi connectivity index (χ4n) is 1.93. The minimum absolute atomic E-state index is 0.430. The van der Waals surface area contributed by atoms with Crippen molar-refractivity contribution < 1.29 is 0 Å². The van der Waals surface area contributed by atoms with Crippen LogP contribution in [0.4, 0.5) is 5.82 Å². The third kappa shape index (κ3) is 3.44. The molecule has 0 saturated heterocycles. The van der Waals surface area contributed by atoms with Gasteiger partial charge in [-0.25, -0.2) is 9.50 Å². The molecule has 104 valence electrons. The molecule has 0 atom stereocenters. The first-order valence-electron chi connectivity index (χ1n) is 7.01. The van der Waals surface area contributed by atoms with Crippen molar-refractivity contribution in [3.05, 3.63) is 24.2 Å². The fraction of sp³-hybridized carbons (Fsp3) is 0.571. The number of anilines is 1. The van der Waals surface area contributed by atoms with Crippen LogP contribution in [0.2, 0.25) is 0 Å². The third-order valence-corrected chi connectivity index (χ3v) is 3.02. The Labute approximate surface area is 114 Å². The Morgan fingerprint density at radius 3 is 2.84 bits per heavy atom. The lowest BCUT2D eigenvalue weighted by molar-refractivity contribution is 0.687. The van der Waals surface area contributed by atoms with Crippen LogP contribution in [0.15, 0.2) is 18.5 Å². The number of aromatic nitrogens is 3. The van der Waals surface area contributed by atoms with Gasteiger partial charge in [-0.2, -0.15) is 5.10 Å². The first kappa shape index (κ1) is 13.8. The Morgan fingerprint density at radius 1 is 1.26 bits per heavy atom. The van der Waals surface area contributed by atoms with Crippen LogP contribution in [0, 0.1) is 0 Å². The first-order valence-corrected chi connectivity index (χ1v) is 7.01. The quantitative estimate of drug-likeness (QED) is 0.751. The number of rotatable bonds is 7. The first-order chi connectivity index (χ1) is 9.22. The molecule has 0 fully saturated rings. The van der Waals surface area contributed by atoms with Gasteiger partial charge in [0.15, 0.2) is 5.82 Å². The second-order valence-electron chi connectivity index (χ2n) is 5.01. The highest BCUT2D eigenvalue weighted by Crippen LogP contribution is 2.19. The molecule has 0 aliphatic rings. The zero-order chi connectivity index (χ0) is 13.7. The van der Waals surface area contributed by atoms with Crippen LogP contribution >= 0.6 is 0 Å². The Balaban J connectivity index is 2.05. The molecule has 0 aromatic carbocycles. The average molecular weight is 261 g/mol. The summed E-state index contributed by atoms with van der Waals surface area (Å²) in [4.78, 5) is 4.40. The van der Waals surface area contributed by atoms with E-state index in [1.807, 2.05) is 10.7 Å². The smallest absolute Gasteiger partial charge is 0.152 e. The summed E-state index contributed by atoms with van der Waals surface area (Å²) in [5.41, 5.74) is 2.14. The molecule has 0 amide bonds. The van der Waals surface area contributed by atoms with E-state index in [9.17, 15) is 0 Å². The van der Waals surface area contributed by atoms with Crippen molar-refractivity contribution in [1.82, 2.24) is 19.9 Å². The molecule has 0 aliphatic carbocycles. The minimum atomic E-state index is 0.430. The number of hydrogen-bond acceptors (Lipinski definition) is 4.